The third-order valence-electron chi connectivity index (χ3n) is 4.47. The number of ether oxygens (including phenoxy) is 3. The van der Waals surface area contributed by atoms with E-state index in [1.54, 1.807) is 49.4 Å². The zero-order valence-electron chi connectivity index (χ0n) is 16.5. The van der Waals surface area contributed by atoms with Crippen molar-refractivity contribution in [2.75, 3.05) is 36.2 Å². The second-order valence-electron chi connectivity index (χ2n) is 6.53. The van der Waals surface area contributed by atoms with Crippen molar-refractivity contribution in [3.8, 4) is 17.2 Å². The number of rotatable bonds is 7. The number of methoxy groups -OCH3 is 1. The van der Waals surface area contributed by atoms with E-state index in [2.05, 4.69) is 5.32 Å². The Morgan fingerprint density at radius 2 is 1.79 bits per heavy atom. The highest BCUT2D eigenvalue weighted by Crippen LogP contribution is 2.33. The van der Waals surface area contributed by atoms with Crippen LogP contribution in [0.15, 0.2) is 42.5 Å². The Morgan fingerprint density at radius 3 is 2.38 bits per heavy atom. The fourth-order valence-corrected chi connectivity index (χ4v) is 4.35. The Kier molecular flexibility index (Phi) is 6.17. The Morgan fingerprint density at radius 1 is 1.14 bits per heavy atom. The fourth-order valence-electron chi connectivity index (χ4n) is 3.14. The first-order valence-electron chi connectivity index (χ1n) is 9.17. The molecule has 1 heterocycles. The summed E-state index contributed by atoms with van der Waals surface area (Å²) >= 11 is 0. The van der Waals surface area contributed by atoms with Crippen LogP contribution in [0.3, 0.4) is 0 Å². The van der Waals surface area contributed by atoms with Crippen LogP contribution in [0, 0.1) is 0 Å². The molecule has 29 heavy (non-hydrogen) atoms. The first kappa shape index (κ1) is 20.8. The molecule has 1 aliphatic rings. The number of anilines is 2. The molecular formula is C20H24N2O6S. The van der Waals surface area contributed by atoms with Gasteiger partial charge in [0.15, 0.2) is 11.5 Å². The minimum atomic E-state index is -3.71. The zero-order chi connectivity index (χ0) is 21.0. The van der Waals surface area contributed by atoms with Gasteiger partial charge in [-0.1, -0.05) is 6.92 Å². The molecule has 1 amide bonds. The molecule has 2 aromatic carbocycles. The van der Waals surface area contributed by atoms with Gasteiger partial charge in [0.2, 0.25) is 15.9 Å². The number of nitrogens with one attached hydrogen (secondary N) is 1. The van der Waals surface area contributed by atoms with E-state index < -0.39 is 22.0 Å². The van der Waals surface area contributed by atoms with E-state index in [0.717, 1.165) is 10.6 Å². The quantitative estimate of drug-likeness (QED) is 0.740. The lowest BCUT2D eigenvalue weighted by atomic mass is 10.1. The van der Waals surface area contributed by atoms with E-state index >= 15 is 0 Å². The number of sulfonamides is 1. The number of carbonyl (C=O) groups excluding carboxylic acids is 1. The number of fused-ring (bicyclic) bond motifs is 1. The minimum absolute atomic E-state index is 0.287. The maximum Gasteiger partial charge on any atom is 0.248 e. The summed E-state index contributed by atoms with van der Waals surface area (Å²) in [7, 11) is -2.19. The van der Waals surface area contributed by atoms with Gasteiger partial charge in [0.1, 0.15) is 25.0 Å². The Hall–Kier alpha value is -2.94. The maximum absolute atomic E-state index is 13.0. The third kappa shape index (κ3) is 4.73. The van der Waals surface area contributed by atoms with Crippen LogP contribution in [-0.2, 0) is 14.8 Å². The molecule has 1 atom stereocenters. The lowest BCUT2D eigenvalue weighted by molar-refractivity contribution is -0.117. The molecule has 156 valence electrons. The highest BCUT2D eigenvalue weighted by Gasteiger charge is 2.31. The van der Waals surface area contributed by atoms with Crippen molar-refractivity contribution in [3.63, 3.8) is 0 Å². The molecule has 1 N–H and O–H groups in total. The van der Waals surface area contributed by atoms with Crippen LogP contribution in [-0.4, -0.2) is 46.9 Å². The summed E-state index contributed by atoms with van der Waals surface area (Å²) in [6, 6.07) is 10.7. The molecular weight excluding hydrogens is 396 g/mol. The average molecular weight is 420 g/mol. The predicted molar refractivity (Wildman–Crippen MR) is 110 cm³/mol. The standard InChI is InChI=1S/C20H24N2O6S/c1-4-17(22(29(3,24)25)15-6-8-16(26-2)9-7-15)20(23)21-14-5-10-18-19(13-14)28-12-11-27-18/h5-10,13,17H,4,11-12H2,1-3H3,(H,21,23)/t17-/m1/s1. The molecule has 9 heteroatoms. The van der Waals surface area contributed by atoms with Gasteiger partial charge in [0.05, 0.1) is 19.1 Å². The topological polar surface area (TPSA) is 94.2 Å². The lowest BCUT2D eigenvalue weighted by Crippen LogP contribution is -2.47. The van der Waals surface area contributed by atoms with Gasteiger partial charge in [0.25, 0.3) is 0 Å². The maximum atomic E-state index is 13.0. The number of benzene rings is 2. The summed E-state index contributed by atoms with van der Waals surface area (Å²) in [6.45, 7) is 2.67. The molecule has 1 aliphatic heterocycles. The van der Waals surface area contributed by atoms with E-state index in [-0.39, 0.29) is 6.42 Å². The summed E-state index contributed by atoms with van der Waals surface area (Å²) in [4.78, 5) is 13.0. The van der Waals surface area contributed by atoms with Gasteiger partial charge < -0.3 is 19.5 Å². The molecule has 3 rings (SSSR count). The van der Waals surface area contributed by atoms with Gasteiger partial charge in [-0.25, -0.2) is 8.42 Å². The summed E-state index contributed by atoms with van der Waals surface area (Å²) in [5.74, 6) is 1.30. The summed E-state index contributed by atoms with van der Waals surface area (Å²) in [6.07, 6.45) is 1.37. The van der Waals surface area contributed by atoms with E-state index in [1.807, 2.05) is 0 Å². The summed E-state index contributed by atoms with van der Waals surface area (Å²) in [5.41, 5.74) is 0.887. The van der Waals surface area contributed by atoms with Gasteiger partial charge in [-0.05, 0) is 42.8 Å². The molecule has 0 radical (unpaired) electrons. The van der Waals surface area contributed by atoms with Crippen molar-refractivity contribution in [1.82, 2.24) is 0 Å². The highest BCUT2D eigenvalue weighted by atomic mass is 32.2. The number of hydrogen-bond donors (Lipinski definition) is 1. The fraction of sp³-hybridized carbons (Fsp3) is 0.350. The van der Waals surface area contributed by atoms with Crippen LogP contribution >= 0.6 is 0 Å². The smallest absolute Gasteiger partial charge is 0.248 e. The zero-order valence-corrected chi connectivity index (χ0v) is 17.4. The molecule has 0 spiro atoms. The number of amides is 1. The average Bonchev–Trinajstić information content (AvgIpc) is 2.71. The molecule has 8 nitrogen and oxygen atoms in total. The van der Waals surface area contributed by atoms with Gasteiger partial charge in [-0.3, -0.25) is 9.10 Å². The third-order valence-corrected chi connectivity index (χ3v) is 5.65. The van der Waals surface area contributed by atoms with Crippen molar-refractivity contribution in [2.24, 2.45) is 0 Å². The van der Waals surface area contributed by atoms with E-state index in [1.165, 1.54) is 7.11 Å². The van der Waals surface area contributed by atoms with Crippen molar-refractivity contribution >= 4 is 27.3 Å². The van der Waals surface area contributed by atoms with Gasteiger partial charge in [-0.15, -0.1) is 0 Å². The van der Waals surface area contributed by atoms with Crippen molar-refractivity contribution in [2.45, 2.75) is 19.4 Å². The van der Waals surface area contributed by atoms with Crippen molar-refractivity contribution in [3.05, 3.63) is 42.5 Å². The molecule has 0 aromatic heterocycles. The van der Waals surface area contributed by atoms with Crippen LogP contribution in [0.2, 0.25) is 0 Å². The molecule has 0 aliphatic carbocycles. The van der Waals surface area contributed by atoms with E-state index in [9.17, 15) is 13.2 Å². The SMILES string of the molecule is CC[C@H](C(=O)Nc1ccc2c(c1)OCCO2)N(c1ccc(OC)cc1)S(C)(=O)=O. The van der Waals surface area contributed by atoms with Crippen LogP contribution in [0.5, 0.6) is 17.2 Å². The van der Waals surface area contributed by atoms with E-state index in [0.29, 0.717) is 41.8 Å². The second kappa shape index (κ2) is 8.60. The van der Waals surface area contributed by atoms with Crippen LogP contribution in [0.25, 0.3) is 0 Å². The van der Waals surface area contributed by atoms with Crippen molar-refractivity contribution < 1.29 is 27.4 Å². The molecule has 0 unspecified atom stereocenters. The second-order valence-corrected chi connectivity index (χ2v) is 8.39. The van der Waals surface area contributed by atoms with E-state index in [4.69, 9.17) is 14.2 Å². The number of carbonyl (C=O) groups is 1. The summed E-state index contributed by atoms with van der Waals surface area (Å²) < 4.78 is 42.3. The van der Waals surface area contributed by atoms with Crippen LogP contribution < -0.4 is 23.8 Å². The molecule has 0 saturated heterocycles. The van der Waals surface area contributed by atoms with Crippen LogP contribution in [0.4, 0.5) is 11.4 Å². The van der Waals surface area contributed by atoms with Gasteiger partial charge >= 0.3 is 0 Å². The monoisotopic (exact) mass is 420 g/mol. The Bertz CT molecular complexity index is 975. The summed E-state index contributed by atoms with van der Waals surface area (Å²) in [5, 5.41) is 2.78. The Balaban J connectivity index is 1.86. The largest absolute Gasteiger partial charge is 0.497 e. The van der Waals surface area contributed by atoms with Crippen LogP contribution in [0.1, 0.15) is 13.3 Å². The minimum Gasteiger partial charge on any atom is -0.497 e. The van der Waals surface area contributed by atoms with Gasteiger partial charge in [0, 0.05) is 11.8 Å². The van der Waals surface area contributed by atoms with Crippen molar-refractivity contribution in [1.29, 1.82) is 0 Å². The lowest BCUT2D eigenvalue weighted by Gasteiger charge is -2.30. The molecule has 0 saturated carbocycles. The number of hydrogen-bond acceptors (Lipinski definition) is 6. The highest BCUT2D eigenvalue weighted by molar-refractivity contribution is 7.92. The first-order chi connectivity index (χ1) is 13.8. The molecule has 0 bridgehead atoms. The molecule has 2 aromatic rings. The molecule has 0 fully saturated rings. The number of nitrogens with zero attached hydrogens (tertiary/aromatic N) is 1. The van der Waals surface area contributed by atoms with Gasteiger partial charge in [-0.2, -0.15) is 0 Å². The Labute approximate surface area is 170 Å². The first-order valence-corrected chi connectivity index (χ1v) is 11.0. The predicted octanol–water partition coefficient (Wildman–Crippen LogP) is 2.65. The normalized spacial score (nSPS) is 14.0.